The van der Waals surface area contributed by atoms with Gasteiger partial charge in [-0.05, 0) is 42.2 Å². The topological polar surface area (TPSA) is 126 Å². The van der Waals surface area contributed by atoms with Crippen molar-refractivity contribution in [3.05, 3.63) is 94.4 Å². The number of benzene rings is 2. The van der Waals surface area contributed by atoms with Crippen LogP contribution in [0, 0.1) is 5.41 Å². The maximum atomic E-state index is 13.2. The number of hydrogen-bond acceptors (Lipinski definition) is 8. The van der Waals surface area contributed by atoms with E-state index in [9.17, 15) is 9.59 Å². The average molecular weight is 548 g/mol. The number of hydrogen-bond donors (Lipinski definition) is 3. The van der Waals surface area contributed by atoms with E-state index in [1.54, 1.807) is 12.1 Å². The molecule has 2 aromatic carbocycles. The lowest BCUT2D eigenvalue weighted by Gasteiger charge is -2.22. The first-order valence-corrected chi connectivity index (χ1v) is 12.9. The van der Waals surface area contributed by atoms with E-state index >= 15 is 0 Å². The van der Waals surface area contributed by atoms with Crippen molar-refractivity contribution >= 4 is 40.6 Å². The number of esters is 1. The summed E-state index contributed by atoms with van der Waals surface area (Å²) in [6, 6.07) is 16.0. The van der Waals surface area contributed by atoms with Gasteiger partial charge in [0.05, 0.1) is 20.3 Å². The number of aromatic nitrogens is 2. The molecule has 4 rings (SSSR count). The first kappa shape index (κ1) is 27.9. The zero-order valence-corrected chi connectivity index (χ0v) is 22.5. The fraction of sp³-hybridized carbons (Fsp3) is 0.276. The van der Waals surface area contributed by atoms with Crippen LogP contribution in [0.25, 0.3) is 5.57 Å². The number of methoxy groups -OCH3 is 1. The van der Waals surface area contributed by atoms with Crippen LogP contribution in [0.2, 0.25) is 5.02 Å². The zero-order chi connectivity index (χ0) is 27.8. The molecule has 10 heteroatoms. The highest BCUT2D eigenvalue weighted by Gasteiger charge is 2.24. The van der Waals surface area contributed by atoms with E-state index < -0.39 is 17.9 Å². The Balaban J connectivity index is 1.66. The second-order valence-electron chi connectivity index (χ2n) is 8.99. The summed E-state index contributed by atoms with van der Waals surface area (Å²) in [6.45, 7) is 2.84. The number of ether oxygens (including phenoxy) is 2. The highest BCUT2D eigenvalue weighted by atomic mass is 35.5. The second kappa shape index (κ2) is 13.1. The van der Waals surface area contributed by atoms with Gasteiger partial charge in [-0.2, -0.15) is 0 Å². The Morgan fingerprint density at radius 2 is 1.90 bits per heavy atom. The van der Waals surface area contributed by atoms with E-state index in [-0.39, 0.29) is 18.0 Å². The standard InChI is InChI=1S/C29H30ClN5O4/c1-18(29(37)38-2)34-28(36)24-17-32-26(21-12-14-39-15-13-21)35-27(24)33-16-23(19-6-4-3-5-7-19)25(31)20-8-10-22(30)11-9-20/h3-12,17-18,23,31H,13-16H2,1-2H3,(H,34,36)(H,32,33,35). The van der Waals surface area contributed by atoms with E-state index in [0.29, 0.717) is 42.0 Å². The Labute approximate surface area is 232 Å². The second-order valence-corrected chi connectivity index (χ2v) is 9.43. The number of nitrogens with zero attached hydrogens (tertiary/aromatic N) is 2. The third-order valence-corrected chi connectivity index (χ3v) is 6.62. The number of anilines is 1. The molecule has 0 spiro atoms. The van der Waals surface area contributed by atoms with Gasteiger partial charge in [0.25, 0.3) is 5.91 Å². The van der Waals surface area contributed by atoms with Gasteiger partial charge in [-0.25, -0.2) is 14.8 Å². The molecule has 2 atom stereocenters. The molecule has 0 saturated heterocycles. The van der Waals surface area contributed by atoms with Crippen molar-refractivity contribution in [2.24, 2.45) is 0 Å². The molecule has 0 saturated carbocycles. The smallest absolute Gasteiger partial charge is 0.328 e. The van der Waals surface area contributed by atoms with E-state index in [4.69, 9.17) is 26.5 Å². The van der Waals surface area contributed by atoms with Gasteiger partial charge in [0.15, 0.2) is 5.82 Å². The number of rotatable bonds is 10. The quantitative estimate of drug-likeness (QED) is 0.252. The molecule has 2 heterocycles. The maximum Gasteiger partial charge on any atom is 0.328 e. The lowest BCUT2D eigenvalue weighted by atomic mass is 9.90. The highest BCUT2D eigenvalue weighted by molar-refractivity contribution is 6.30. The summed E-state index contributed by atoms with van der Waals surface area (Å²) in [5, 5.41) is 15.5. The van der Waals surface area contributed by atoms with E-state index in [1.165, 1.54) is 20.2 Å². The normalized spacial score (nSPS) is 14.5. The van der Waals surface area contributed by atoms with E-state index in [1.807, 2.05) is 48.5 Å². The van der Waals surface area contributed by atoms with Crippen molar-refractivity contribution in [1.82, 2.24) is 15.3 Å². The van der Waals surface area contributed by atoms with Crippen LogP contribution < -0.4 is 10.6 Å². The minimum atomic E-state index is -0.858. The summed E-state index contributed by atoms with van der Waals surface area (Å²) in [7, 11) is 1.26. The van der Waals surface area contributed by atoms with Crippen molar-refractivity contribution < 1.29 is 19.1 Å². The van der Waals surface area contributed by atoms with Crippen LogP contribution >= 0.6 is 11.6 Å². The molecule has 2 unspecified atom stereocenters. The molecule has 0 bridgehead atoms. The van der Waals surface area contributed by atoms with Gasteiger partial charge in [-0.15, -0.1) is 0 Å². The number of halogens is 1. The first-order chi connectivity index (χ1) is 18.9. The monoisotopic (exact) mass is 547 g/mol. The van der Waals surface area contributed by atoms with Gasteiger partial charge in [-0.3, -0.25) is 4.79 Å². The summed E-state index contributed by atoms with van der Waals surface area (Å²) < 4.78 is 10.1. The minimum Gasteiger partial charge on any atom is -0.467 e. The van der Waals surface area contributed by atoms with Crippen LogP contribution in [-0.2, 0) is 14.3 Å². The summed E-state index contributed by atoms with van der Waals surface area (Å²) in [6.07, 6.45) is 4.02. The van der Waals surface area contributed by atoms with Gasteiger partial charge in [0.2, 0.25) is 0 Å². The zero-order valence-electron chi connectivity index (χ0n) is 21.7. The Kier molecular flexibility index (Phi) is 9.40. The molecular formula is C29H30ClN5O4. The van der Waals surface area contributed by atoms with Gasteiger partial charge < -0.3 is 25.5 Å². The maximum absolute atomic E-state index is 13.2. The van der Waals surface area contributed by atoms with Crippen LogP contribution in [0.3, 0.4) is 0 Å². The summed E-state index contributed by atoms with van der Waals surface area (Å²) in [5.41, 5.74) is 3.14. The third-order valence-electron chi connectivity index (χ3n) is 6.37. The van der Waals surface area contributed by atoms with Crippen LogP contribution in [0.5, 0.6) is 0 Å². The Morgan fingerprint density at radius 1 is 1.15 bits per heavy atom. The first-order valence-electron chi connectivity index (χ1n) is 12.5. The van der Waals surface area contributed by atoms with Crippen LogP contribution in [0.15, 0.2) is 66.9 Å². The molecule has 1 amide bonds. The molecule has 0 fully saturated rings. The fourth-order valence-electron chi connectivity index (χ4n) is 4.18. The minimum absolute atomic E-state index is 0.173. The summed E-state index contributed by atoms with van der Waals surface area (Å²) in [4.78, 5) is 34.2. The Hall–Kier alpha value is -4.08. The predicted octanol–water partition coefficient (Wildman–Crippen LogP) is 4.49. The molecule has 3 N–H and O–H groups in total. The van der Waals surface area contributed by atoms with E-state index in [2.05, 4.69) is 20.6 Å². The number of carbonyl (C=O) groups is 2. The molecular weight excluding hydrogens is 518 g/mol. The van der Waals surface area contributed by atoms with Gasteiger partial charge in [-0.1, -0.05) is 60.1 Å². The largest absolute Gasteiger partial charge is 0.467 e. The molecule has 39 heavy (non-hydrogen) atoms. The number of carbonyl (C=O) groups excluding carboxylic acids is 2. The molecule has 0 aliphatic carbocycles. The van der Waals surface area contributed by atoms with Crippen LogP contribution in [-0.4, -0.2) is 60.5 Å². The summed E-state index contributed by atoms with van der Waals surface area (Å²) in [5.74, 6) is -0.664. The highest BCUT2D eigenvalue weighted by Crippen LogP contribution is 2.25. The van der Waals surface area contributed by atoms with Crippen LogP contribution in [0.4, 0.5) is 5.82 Å². The number of nitrogens with one attached hydrogen (secondary N) is 3. The van der Waals surface area contributed by atoms with Crippen molar-refractivity contribution in [2.45, 2.75) is 25.3 Å². The molecule has 1 aromatic heterocycles. The van der Waals surface area contributed by atoms with Crippen molar-refractivity contribution in [3.63, 3.8) is 0 Å². The molecule has 9 nitrogen and oxygen atoms in total. The molecule has 1 aliphatic heterocycles. The Bertz CT molecular complexity index is 1360. The van der Waals surface area contributed by atoms with E-state index in [0.717, 1.165) is 16.7 Å². The predicted molar refractivity (Wildman–Crippen MR) is 150 cm³/mol. The van der Waals surface area contributed by atoms with Crippen molar-refractivity contribution in [3.8, 4) is 0 Å². The average Bonchev–Trinajstić information content (AvgIpc) is 2.98. The van der Waals surface area contributed by atoms with Crippen molar-refractivity contribution in [1.29, 1.82) is 5.41 Å². The lowest BCUT2D eigenvalue weighted by molar-refractivity contribution is -0.142. The third kappa shape index (κ3) is 7.07. The molecule has 1 aliphatic rings. The van der Waals surface area contributed by atoms with Crippen LogP contribution in [0.1, 0.15) is 46.6 Å². The van der Waals surface area contributed by atoms with Gasteiger partial charge in [0.1, 0.15) is 17.4 Å². The van der Waals surface area contributed by atoms with Crippen molar-refractivity contribution in [2.75, 3.05) is 32.2 Å². The van der Waals surface area contributed by atoms with Gasteiger partial charge in [0, 0.05) is 29.4 Å². The molecule has 202 valence electrons. The lowest BCUT2D eigenvalue weighted by Crippen LogP contribution is -2.39. The summed E-state index contributed by atoms with van der Waals surface area (Å²) >= 11 is 6.07. The van der Waals surface area contributed by atoms with Gasteiger partial charge >= 0.3 is 5.97 Å². The fourth-order valence-corrected chi connectivity index (χ4v) is 4.30. The molecule has 0 radical (unpaired) electrons. The molecule has 3 aromatic rings. The number of amides is 1. The SMILES string of the molecule is COC(=O)C(C)NC(=O)c1cnc(C2=CCOCC2)nc1NCC(C(=N)c1ccc(Cl)cc1)c1ccccc1. The Morgan fingerprint density at radius 3 is 2.56 bits per heavy atom.